The van der Waals surface area contributed by atoms with Gasteiger partial charge in [0.15, 0.2) is 0 Å². The van der Waals surface area contributed by atoms with E-state index in [1.54, 1.807) is 29.7 Å². The molecule has 7 heteroatoms. The van der Waals surface area contributed by atoms with Crippen molar-refractivity contribution < 1.29 is 4.39 Å². The maximum Gasteiger partial charge on any atom is 0.137 e. The summed E-state index contributed by atoms with van der Waals surface area (Å²) in [5, 5.41) is 7.94. The molecule has 0 bridgehead atoms. The van der Waals surface area contributed by atoms with Crippen molar-refractivity contribution in [1.82, 2.24) is 14.4 Å². The van der Waals surface area contributed by atoms with Crippen molar-refractivity contribution in [3.63, 3.8) is 0 Å². The minimum atomic E-state index is -0.330. The van der Waals surface area contributed by atoms with Crippen molar-refractivity contribution in [2.45, 2.75) is 0 Å². The maximum atomic E-state index is 13.3. The number of nitrogens with zero attached hydrogens (tertiary/aromatic N) is 3. The van der Waals surface area contributed by atoms with E-state index in [1.807, 2.05) is 47.1 Å². The molecule has 5 nitrogen and oxygen atoms in total. The van der Waals surface area contributed by atoms with Crippen molar-refractivity contribution in [2.24, 2.45) is 5.73 Å². The summed E-state index contributed by atoms with van der Waals surface area (Å²) in [4.78, 5) is 11.1. The van der Waals surface area contributed by atoms with E-state index in [1.165, 1.54) is 18.3 Å². The molecule has 0 amide bonds. The number of nitrogens with two attached hydrogens (primary N) is 1. The molecule has 0 saturated heterocycles. The molecule has 0 aliphatic heterocycles. The molecule has 0 fully saturated rings. The van der Waals surface area contributed by atoms with Crippen molar-refractivity contribution in [1.29, 1.82) is 5.41 Å². The fourth-order valence-corrected chi connectivity index (χ4v) is 4.54. The van der Waals surface area contributed by atoms with E-state index >= 15 is 0 Å². The number of hydrogen-bond acceptors (Lipinski definition) is 5. The number of allylic oxidation sites excluding steroid dienone is 1. The molecule has 0 radical (unpaired) electrons. The first-order valence-electron chi connectivity index (χ1n) is 9.89. The van der Waals surface area contributed by atoms with E-state index in [0.29, 0.717) is 16.8 Å². The van der Waals surface area contributed by atoms with Crippen molar-refractivity contribution in [3.05, 3.63) is 102 Å². The first-order chi connectivity index (χ1) is 15.6. The lowest BCUT2D eigenvalue weighted by molar-refractivity contribution is 0.627. The van der Waals surface area contributed by atoms with Gasteiger partial charge in [-0.25, -0.2) is 9.37 Å². The number of halogens is 1. The number of thiophene rings is 1. The number of aromatic nitrogens is 3. The van der Waals surface area contributed by atoms with Crippen molar-refractivity contribution in [3.8, 4) is 21.1 Å². The molecule has 32 heavy (non-hydrogen) atoms. The standard InChI is InChI=1S/C25H18FN5S/c26-18-7-4-16(5-8-18)25(28)19(13-27)17-6-11-24-30-14-21(31(24)15-17)23-10-9-22(32-23)20-3-1-2-12-29-20/h1-15,27H,28H2. The fraction of sp³-hybridized carbons (Fsp3) is 0. The van der Waals surface area contributed by atoms with Crippen LogP contribution in [0.4, 0.5) is 4.39 Å². The van der Waals surface area contributed by atoms with Gasteiger partial charge in [-0.15, -0.1) is 11.3 Å². The highest BCUT2D eigenvalue weighted by Crippen LogP contribution is 2.34. The minimum absolute atomic E-state index is 0.330. The number of rotatable bonds is 5. The van der Waals surface area contributed by atoms with Gasteiger partial charge in [0.05, 0.1) is 27.3 Å². The lowest BCUT2D eigenvalue weighted by atomic mass is 10.0. The fourth-order valence-electron chi connectivity index (χ4n) is 3.55. The van der Waals surface area contributed by atoms with E-state index < -0.39 is 0 Å². The molecule has 4 aromatic heterocycles. The average molecular weight is 440 g/mol. The van der Waals surface area contributed by atoms with Crippen LogP contribution >= 0.6 is 11.3 Å². The molecule has 1 aromatic carbocycles. The zero-order valence-electron chi connectivity index (χ0n) is 16.9. The van der Waals surface area contributed by atoms with E-state index in [0.717, 1.165) is 32.4 Å². The second-order valence-electron chi connectivity index (χ2n) is 7.15. The highest BCUT2D eigenvalue weighted by Gasteiger charge is 2.13. The molecule has 0 spiro atoms. The first kappa shape index (κ1) is 19.8. The van der Waals surface area contributed by atoms with Crippen molar-refractivity contribution >= 4 is 34.5 Å². The quantitative estimate of drug-likeness (QED) is 0.343. The normalized spacial score (nSPS) is 12.0. The topological polar surface area (TPSA) is 80.1 Å². The van der Waals surface area contributed by atoms with Gasteiger partial charge in [-0.05, 0) is 66.2 Å². The number of nitrogens with one attached hydrogen (secondary N) is 1. The van der Waals surface area contributed by atoms with Crippen molar-refractivity contribution in [2.75, 3.05) is 0 Å². The third kappa shape index (κ3) is 3.59. The Morgan fingerprint density at radius 1 is 0.938 bits per heavy atom. The summed E-state index contributed by atoms with van der Waals surface area (Å²) in [5.74, 6) is -0.330. The second kappa shape index (κ2) is 8.20. The number of benzene rings is 1. The molecule has 0 aliphatic rings. The lowest BCUT2D eigenvalue weighted by Crippen LogP contribution is -2.03. The summed E-state index contributed by atoms with van der Waals surface area (Å²) >= 11 is 1.64. The van der Waals surface area contributed by atoms with Crippen LogP contribution in [0.3, 0.4) is 0 Å². The van der Waals surface area contributed by atoms with Gasteiger partial charge < -0.3 is 11.1 Å². The van der Waals surface area contributed by atoms with Gasteiger partial charge in [0.2, 0.25) is 0 Å². The van der Waals surface area contributed by atoms with Crippen LogP contribution in [-0.2, 0) is 0 Å². The number of hydrogen-bond donors (Lipinski definition) is 2. The Bertz CT molecular complexity index is 1450. The second-order valence-corrected chi connectivity index (χ2v) is 8.23. The molecule has 156 valence electrons. The summed E-state index contributed by atoms with van der Waals surface area (Å²) in [6.45, 7) is 0. The highest BCUT2D eigenvalue weighted by atomic mass is 32.1. The third-order valence-corrected chi connectivity index (χ3v) is 6.31. The monoisotopic (exact) mass is 439 g/mol. The minimum Gasteiger partial charge on any atom is -0.398 e. The molecule has 0 unspecified atom stereocenters. The SMILES string of the molecule is N=CC(=C(N)c1ccc(F)cc1)c1ccc2ncc(-c3ccc(-c4ccccn4)s3)n2c1. The van der Waals surface area contributed by atoms with Gasteiger partial charge in [0.25, 0.3) is 0 Å². The predicted molar refractivity (Wildman–Crippen MR) is 128 cm³/mol. The smallest absolute Gasteiger partial charge is 0.137 e. The zero-order valence-corrected chi connectivity index (χ0v) is 17.7. The number of fused-ring (bicyclic) bond motifs is 1. The first-order valence-corrected chi connectivity index (χ1v) is 10.7. The molecule has 0 aliphatic carbocycles. The summed E-state index contributed by atoms with van der Waals surface area (Å²) in [5.41, 5.74) is 11.4. The zero-order chi connectivity index (χ0) is 22.1. The van der Waals surface area contributed by atoms with Crippen LogP contribution < -0.4 is 5.73 Å². The Labute approximate surface area is 187 Å². The Balaban J connectivity index is 1.58. The van der Waals surface area contributed by atoms with Crippen LogP contribution in [0.1, 0.15) is 11.1 Å². The molecule has 5 rings (SSSR count). The van der Waals surface area contributed by atoms with Crippen LogP contribution in [0.15, 0.2) is 85.3 Å². The van der Waals surface area contributed by atoms with Gasteiger partial charge in [-0.2, -0.15) is 0 Å². The Morgan fingerprint density at radius 3 is 2.47 bits per heavy atom. The van der Waals surface area contributed by atoms with E-state index in [2.05, 4.69) is 22.1 Å². The number of pyridine rings is 2. The van der Waals surface area contributed by atoms with Gasteiger partial charge in [0.1, 0.15) is 11.5 Å². The van der Waals surface area contributed by atoms with Gasteiger partial charge >= 0.3 is 0 Å². The Kier molecular flexibility index (Phi) is 5.09. The predicted octanol–water partition coefficient (Wildman–Crippen LogP) is 5.74. The third-order valence-electron chi connectivity index (χ3n) is 5.18. The van der Waals surface area contributed by atoms with E-state index in [-0.39, 0.29) is 5.82 Å². The molecule has 5 aromatic rings. The largest absolute Gasteiger partial charge is 0.398 e. The van der Waals surface area contributed by atoms with E-state index in [9.17, 15) is 4.39 Å². The Morgan fingerprint density at radius 2 is 1.72 bits per heavy atom. The average Bonchev–Trinajstić information content (AvgIpc) is 3.47. The molecule has 3 N–H and O–H groups in total. The molecular formula is C25H18FN5S. The highest BCUT2D eigenvalue weighted by molar-refractivity contribution is 7.18. The van der Waals surface area contributed by atoms with Crippen LogP contribution in [0.25, 0.3) is 38.1 Å². The van der Waals surface area contributed by atoms with E-state index in [4.69, 9.17) is 11.1 Å². The summed E-state index contributed by atoms with van der Waals surface area (Å²) in [6, 6.07) is 19.7. The van der Waals surface area contributed by atoms with Crippen LogP contribution in [0.2, 0.25) is 0 Å². The number of imidazole rings is 1. The van der Waals surface area contributed by atoms with Gasteiger partial charge in [0, 0.05) is 35.4 Å². The van der Waals surface area contributed by atoms with Gasteiger partial charge in [-0.3, -0.25) is 9.38 Å². The van der Waals surface area contributed by atoms with Crippen LogP contribution in [0.5, 0.6) is 0 Å². The van der Waals surface area contributed by atoms with Crippen LogP contribution in [-0.4, -0.2) is 20.6 Å². The summed E-state index contributed by atoms with van der Waals surface area (Å²) < 4.78 is 15.3. The molecule has 0 saturated carbocycles. The summed E-state index contributed by atoms with van der Waals surface area (Å²) in [7, 11) is 0. The Hall–Kier alpha value is -4.10. The van der Waals surface area contributed by atoms with Crippen LogP contribution in [0, 0.1) is 11.2 Å². The molecule has 0 atom stereocenters. The van der Waals surface area contributed by atoms with Gasteiger partial charge in [-0.1, -0.05) is 6.07 Å². The molecular weight excluding hydrogens is 421 g/mol. The molecule has 4 heterocycles. The summed E-state index contributed by atoms with van der Waals surface area (Å²) in [6.07, 6.45) is 6.77. The lowest BCUT2D eigenvalue weighted by Gasteiger charge is -2.10. The maximum absolute atomic E-state index is 13.3.